The predicted octanol–water partition coefficient (Wildman–Crippen LogP) is 1.36. The molecule has 32 heavy (non-hydrogen) atoms. The van der Waals surface area contributed by atoms with Gasteiger partial charge in [0.1, 0.15) is 10.6 Å². The van der Waals surface area contributed by atoms with Gasteiger partial charge >= 0.3 is 5.97 Å². The smallest absolute Gasteiger partial charge is 0.310 e. The predicted molar refractivity (Wildman–Crippen MR) is 116 cm³/mol. The van der Waals surface area contributed by atoms with E-state index in [0.29, 0.717) is 17.1 Å². The molecule has 2 fully saturated rings. The SMILES string of the molecule is CCOC(=O)[C@@H]1CCCN(S(=O)(=O)c2cc(N3C(=O)C(C)(C)CS3(=O)=O)ccc2OC)C1. The maximum absolute atomic E-state index is 13.5. The topological polar surface area (TPSA) is 127 Å². The van der Waals surface area contributed by atoms with E-state index in [0.717, 1.165) is 6.07 Å². The molecule has 0 N–H and O–H groups in total. The van der Waals surface area contributed by atoms with Gasteiger partial charge in [0.15, 0.2) is 0 Å². The second kappa shape index (κ2) is 8.64. The standard InChI is InChI=1S/C20H28N2O8S2/c1-5-30-18(23)14-7-6-10-21(12-14)32(27,28)17-11-15(8-9-16(17)29-4)22-19(24)20(2,3)13-31(22,25)26/h8-9,11,14H,5-7,10,12-13H2,1-4H3/t14-/m1/s1. The van der Waals surface area contributed by atoms with Gasteiger partial charge in [-0.25, -0.2) is 21.1 Å². The summed E-state index contributed by atoms with van der Waals surface area (Å²) in [5.41, 5.74) is -1.20. The normalized spacial score (nSPS) is 23.2. The number of hydrogen-bond donors (Lipinski definition) is 0. The first-order valence-electron chi connectivity index (χ1n) is 10.3. The van der Waals surface area contributed by atoms with Crippen molar-refractivity contribution >= 4 is 37.6 Å². The van der Waals surface area contributed by atoms with Crippen LogP contribution in [0.4, 0.5) is 5.69 Å². The zero-order valence-electron chi connectivity index (χ0n) is 18.5. The fourth-order valence-corrected chi connectivity index (χ4v) is 7.81. The number of esters is 1. The van der Waals surface area contributed by atoms with E-state index < -0.39 is 43.3 Å². The van der Waals surface area contributed by atoms with Gasteiger partial charge < -0.3 is 9.47 Å². The number of nitrogens with zero attached hydrogens (tertiary/aromatic N) is 2. The lowest BCUT2D eigenvalue weighted by atomic mass is 9.95. The summed E-state index contributed by atoms with van der Waals surface area (Å²) in [6, 6.07) is 3.80. The molecular formula is C20H28N2O8S2. The highest BCUT2D eigenvalue weighted by Gasteiger charge is 2.50. The van der Waals surface area contributed by atoms with Crippen LogP contribution in [0.2, 0.25) is 0 Å². The van der Waals surface area contributed by atoms with Crippen LogP contribution in [-0.4, -0.2) is 65.6 Å². The number of methoxy groups -OCH3 is 1. The maximum atomic E-state index is 13.5. The Labute approximate surface area is 188 Å². The molecule has 1 amide bonds. The summed E-state index contributed by atoms with van der Waals surface area (Å²) >= 11 is 0. The van der Waals surface area contributed by atoms with E-state index >= 15 is 0 Å². The number of benzene rings is 1. The first-order valence-corrected chi connectivity index (χ1v) is 13.3. The van der Waals surface area contributed by atoms with Gasteiger partial charge in [0, 0.05) is 13.1 Å². The quantitative estimate of drug-likeness (QED) is 0.549. The molecular weight excluding hydrogens is 460 g/mol. The molecule has 1 atom stereocenters. The van der Waals surface area contributed by atoms with Crippen molar-refractivity contribution in [3.8, 4) is 5.75 Å². The van der Waals surface area contributed by atoms with Crippen molar-refractivity contribution in [2.24, 2.45) is 11.3 Å². The molecule has 10 nitrogen and oxygen atoms in total. The monoisotopic (exact) mass is 488 g/mol. The van der Waals surface area contributed by atoms with Gasteiger partial charge in [0.2, 0.25) is 26.0 Å². The fraction of sp³-hybridized carbons (Fsp3) is 0.600. The second-order valence-electron chi connectivity index (χ2n) is 8.50. The zero-order chi connectivity index (χ0) is 23.9. The van der Waals surface area contributed by atoms with Gasteiger partial charge in [0.05, 0.1) is 36.5 Å². The van der Waals surface area contributed by atoms with Crippen molar-refractivity contribution in [1.82, 2.24) is 4.31 Å². The van der Waals surface area contributed by atoms with Crippen molar-refractivity contribution in [3.05, 3.63) is 18.2 Å². The largest absolute Gasteiger partial charge is 0.495 e. The molecule has 1 aromatic carbocycles. The average molecular weight is 489 g/mol. The third-order valence-electron chi connectivity index (χ3n) is 5.59. The third kappa shape index (κ3) is 4.35. The van der Waals surface area contributed by atoms with Gasteiger partial charge in [-0.05, 0) is 51.8 Å². The summed E-state index contributed by atoms with van der Waals surface area (Å²) in [7, 11) is -6.81. The van der Waals surface area contributed by atoms with Crippen molar-refractivity contribution in [3.63, 3.8) is 0 Å². The highest BCUT2D eigenvalue weighted by Crippen LogP contribution is 2.39. The number of amides is 1. The van der Waals surface area contributed by atoms with Crippen LogP contribution < -0.4 is 9.04 Å². The van der Waals surface area contributed by atoms with E-state index in [4.69, 9.17) is 9.47 Å². The first-order chi connectivity index (χ1) is 14.8. The Balaban J connectivity index is 2.02. The van der Waals surface area contributed by atoms with Gasteiger partial charge in [-0.3, -0.25) is 9.59 Å². The number of piperidine rings is 1. The van der Waals surface area contributed by atoms with E-state index in [1.165, 1.54) is 37.4 Å². The van der Waals surface area contributed by atoms with E-state index in [9.17, 15) is 26.4 Å². The highest BCUT2D eigenvalue weighted by atomic mass is 32.2. The van der Waals surface area contributed by atoms with Gasteiger partial charge in [-0.1, -0.05) is 0 Å². The van der Waals surface area contributed by atoms with Crippen LogP contribution >= 0.6 is 0 Å². The molecule has 2 aliphatic heterocycles. The van der Waals surface area contributed by atoms with Crippen LogP contribution in [0.5, 0.6) is 5.75 Å². The zero-order valence-corrected chi connectivity index (χ0v) is 20.2. The van der Waals surface area contributed by atoms with Crippen molar-refractivity contribution in [1.29, 1.82) is 0 Å². The van der Waals surface area contributed by atoms with Crippen LogP contribution in [0, 0.1) is 11.3 Å². The van der Waals surface area contributed by atoms with Crippen LogP contribution in [0.25, 0.3) is 0 Å². The van der Waals surface area contributed by atoms with Gasteiger partial charge in [-0.2, -0.15) is 4.31 Å². The molecule has 0 aliphatic carbocycles. The molecule has 0 saturated carbocycles. The van der Waals surface area contributed by atoms with E-state index in [2.05, 4.69) is 0 Å². The molecule has 0 aromatic heterocycles. The number of ether oxygens (including phenoxy) is 2. The summed E-state index contributed by atoms with van der Waals surface area (Å²) in [6.45, 7) is 5.07. The van der Waals surface area contributed by atoms with Crippen molar-refractivity contribution in [2.45, 2.75) is 38.5 Å². The molecule has 0 spiro atoms. The molecule has 2 heterocycles. The summed E-state index contributed by atoms with van der Waals surface area (Å²) < 4.78 is 64.3. The molecule has 12 heteroatoms. The van der Waals surface area contributed by atoms with Gasteiger partial charge in [-0.15, -0.1) is 0 Å². The Morgan fingerprint density at radius 3 is 2.53 bits per heavy atom. The molecule has 178 valence electrons. The first kappa shape index (κ1) is 24.5. The fourth-order valence-electron chi connectivity index (χ4n) is 4.01. The van der Waals surface area contributed by atoms with Crippen LogP contribution in [-0.2, 0) is 34.4 Å². The Morgan fingerprint density at radius 2 is 1.97 bits per heavy atom. The molecule has 1 aromatic rings. The highest BCUT2D eigenvalue weighted by molar-refractivity contribution is 7.94. The lowest BCUT2D eigenvalue weighted by Gasteiger charge is -2.31. The molecule has 0 unspecified atom stereocenters. The lowest BCUT2D eigenvalue weighted by molar-refractivity contribution is -0.149. The lowest BCUT2D eigenvalue weighted by Crippen LogP contribution is -2.43. The van der Waals surface area contributed by atoms with E-state index in [1.807, 2.05) is 0 Å². The minimum atomic E-state index is -4.15. The van der Waals surface area contributed by atoms with Crippen LogP contribution in [0.3, 0.4) is 0 Å². The Hall–Kier alpha value is -2.18. The van der Waals surface area contributed by atoms with Crippen molar-refractivity contribution < 1.29 is 35.9 Å². The molecule has 2 saturated heterocycles. The number of sulfonamides is 2. The molecule has 3 rings (SSSR count). The Morgan fingerprint density at radius 1 is 1.28 bits per heavy atom. The molecule has 0 radical (unpaired) electrons. The number of anilines is 1. The van der Waals surface area contributed by atoms with Gasteiger partial charge in [0.25, 0.3) is 0 Å². The average Bonchev–Trinajstić information content (AvgIpc) is 2.90. The minimum absolute atomic E-state index is 0.00955. The van der Waals surface area contributed by atoms with Crippen molar-refractivity contribution in [2.75, 3.05) is 36.9 Å². The number of carbonyl (C=O) groups is 2. The minimum Gasteiger partial charge on any atom is -0.495 e. The maximum Gasteiger partial charge on any atom is 0.310 e. The Kier molecular flexibility index (Phi) is 6.60. The Bertz CT molecular complexity index is 1130. The molecule has 0 bridgehead atoms. The summed E-state index contributed by atoms with van der Waals surface area (Å²) in [6.07, 6.45) is 0.982. The van der Waals surface area contributed by atoms with Crippen LogP contribution in [0.15, 0.2) is 23.1 Å². The second-order valence-corrected chi connectivity index (χ2v) is 12.2. The number of hydrogen-bond acceptors (Lipinski definition) is 8. The van der Waals surface area contributed by atoms with E-state index in [-0.39, 0.29) is 41.8 Å². The number of carbonyl (C=O) groups excluding carboxylic acids is 2. The third-order valence-corrected chi connectivity index (χ3v) is 9.49. The summed E-state index contributed by atoms with van der Waals surface area (Å²) in [5, 5.41) is 0. The summed E-state index contributed by atoms with van der Waals surface area (Å²) in [4.78, 5) is 24.6. The summed E-state index contributed by atoms with van der Waals surface area (Å²) in [5.74, 6) is -2.04. The number of rotatable bonds is 6. The molecule has 2 aliphatic rings. The van der Waals surface area contributed by atoms with E-state index in [1.54, 1.807) is 6.92 Å². The van der Waals surface area contributed by atoms with Crippen LogP contribution in [0.1, 0.15) is 33.6 Å².